The molecule has 0 spiro atoms. The summed E-state index contributed by atoms with van der Waals surface area (Å²) in [6.45, 7) is 0.615. The van der Waals surface area contributed by atoms with Crippen LogP contribution in [0.4, 0.5) is 0 Å². The van der Waals surface area contributed by atoms with Gasteiger partial charge in [-0.25, -0.2) is 4.98 Å². The fraction of sp³-hybridized carbons (Fsp3) is 0.0588. The summed E-state index contributed by atoms with van der Waals surface area (Å²) in [6, 6.07) is 15.0. The second kappa shape index (κ2) is 6.45. The molecule has 0 saturated carbocycles. The molecule has 1 N–H and O–H groups in total. The van der Waals surface area contributed by atoms with Gasteiger partial charge in [0.1, 0.15) is 5.52 Å². The summed E-state index contributed by atoms with van der Waals surface area (Å²) in [6.07, 6.45) is 2.32. The van der Waals surface area contributed by atoms with Crippen LogP contribution in [0, 0.1) is 0 Å². The zero-order chi connectivity index (χ0) is 15.4. The van der Waals surface area contributed by atoms with Crippen molar-refractivity contribution in [1.29, 1.82) is 0 Å². The SMILES string of the molecule is O=C/C(=C\NCc1ccccc1)c1nc2cc(Cl)ccc2o1. The number of hydrogen-bond acceptors (Lipinski definition) is 4. The molecule has 0 radical (unpaired) electrons. The summed E-state index contributed by atoms with van der Waals surface area (Å²) in [7, 11) is 0. The van der Waals surface area contributed by atoms with Crippen LogP contribution in [0.5, 0.6) is 0 Å². The third kappa shape index (κ3) is 3.18. The van der Waals surface area contributed by atoms with Crippen molar-refractivity contribution in [3.8, 4) is 0 Å². The highest BCUT2D eigenvalue weighted by Crippen LogP contribution is 2.22. The summed E-state index contributed by atoms with van der Waals surface area (Å²) in [4.78, 5) is 15.5. The Labute approximate surface area is 132 Å². The van der Waals surface area contributed by atoms with E-state index in [4.69, 9.17) is 16.0 Å². The number of hydrogen-bond donors (Lipinski definition) is 1. The predicted molar refractivity (Wildman–Crippen MR) is 86.3 cm³/mol. The highest BCUT2D eigenvalue weighted by Gasteiger charge is 2.10. The van der Waals surface area contributed by atoms with Gasteiger partial charge < -0.3 is 9.73 Å². The minimum atomic E-state index is 0.271. The Hall–Kier alpha value is -2.59. The summed E-state index contributed by atoms with van der Waals surface area (Å²) in [5.41, 5.74) is 2.69. The van der Waals surface area contributed by atoms with Crippen molar-refractivity contribution in [2.24, 2.45) is 0 Å². The fourth-order valence-electron chi connectivity index (χ4n) is 2.04. The number of oxazole rings is 1. The first-order valence-electron chi connectivity index (χ1n) is 6.75. The molecule has 0 aliphatic rings. The van der Waals surface area contributed by atoms with E-state index in [0.717, 1.165) is 5.56 Å². The maximum Gasteiger partial charge on any atom is 0.232 e. The van der Waals surface area contributed by atoms with Gasteiger partial charge in [0, 0.05) is 17.8 Å². The predicted octanol–water partition coefficient (Wildman–Crippen LogP) is 3.81. The first-order valence-corrected chi connectivity index (χ1v) is 7.13. The first-order chi connectivity index (χ1) is 10.8. The van der Waals surface area contributed by atoms with Crippen LogP contribution >= 0.6 is 11.6 Å². The van der Waals surface area contributed by atoms with Gasteiger partial charge in [-0.05, 0) is 23.8 Å². The van der Waals surface area contributed by atoms with Crippen LogP contribution in [0.3, 0.4) is 0 Å². The number of rotatable bonds is 5. The molecule has 0 unspecified atom stereocenters. The molecule has 5 heteroatoms. The molecule has 3 aromatic rings. The molecule has 0 aliphatic carbocycles. The number of carbonyl (C=O) groups excluding carboxylic acids is 1. The zero-order valence-electron chi connectivity index (χ0n) is 11.6. The topological polar surface area (TPSA) is 55.1 Å². The second-order valence-electron chi connectivity index (χ2n) is 4.72. The third-order valence-electron chi connectivity index (χ3n) is 3.13. The molecule has 0 aliphatic heterocycles. The standard InChI is InChI=1S/C17H13ClN2O2/c18-14-6-7-16-15(8-14)20-17(22-16)13(11-21)10-19-9-12-4-2-1-3-5-12/h1-8,10-11,19H,9H2/b13-10+. The van der Waals surface area contributed by atoms with Crippen molar-refractivity contribution in [3.63, 3.8) is 0 Å². The molecule has 110 valence electrons. The number of allylic oxidation sites excluding steroid dienone is 1. The Morgan fingerprint density at radius 2 is 2.05 bits per heavy atom. The van der Waals surface area contributed by atoms with E-state index in [1.54, 1.807) is 24.4 Å². The van der Waals surface area contributed by atoms with Gasteiger partial charge in [-0.1, -0.05) is 41.9 Å². The Morgan fingerprint density at radius 1 is 1.23 bits per heavy atom. The number of fused-ring (bicyclic) bond motifs is 1. The molecule has 22 heavy (non-hydrogen) atoms. The van der Waals surface area contributed by atoms with Crippen molar-refractivity contribution in [2.45, 2.75) is 6.54 Å². The Bertz CT molecular complexity index is 825. The molecule has 2 aromatic carbocycles. The normalized spacial score (nSPS) is 11.6. The van der Waals surface area contributed by atoms with Crippen LogP contribution in [0.15, 0.2) is 59.1 Å². The van der Waals surface area contributed by atoms with Crippen LogP contribution < -0.4 is 5.32 Å². The smallest absolute Gasteiger partial charge is 0.232 e. The Morgan fingerprint density at radius 3 is 2.82 bits per heavy atom. The van der Waals surface area contributed by atoms with E-state index in [-0.39, 0.29) is 5.89 Å². The maximum absolute atomic E-state index is 11.3. The number of aldehydes is 1. The summed E-state index contributed by atoms with van der Waals surface area (Å²) < 4.78 is 5.57. The van der Waals surface area contributed by atoms with E-state index in [2.05, 4.69) is 10.3 Å². The van der Waals surface area contributed by atoms with Crippen LogP contribution in [0.1, 0.15) is 11.5 Å². The van der Waals surface area contributed by atoms with Crippen LogP contribution in [-0.4, -0.2) is 11.3 Å². The van der Waals surface area contributed by atoms with Crippen LogP contribution in [-0.2, 0) is 11.3 Å². The van der Waals surface area contributed by atoms with E-state index in [1.165, 1.54) is 0 Å². The van der Waals surface area contributed by atoms with E-state index in [1.807, 2.05) is 30.3 Å². The van der Waals surface area contributed by atoms with E-state index < -0.39 is 0 Å². The minimum Gasteiger partial charge on any atom is -0.436 e. The number of benzene rings is 2. The molecule has 4 nitrogen and oxygen atoms in total. The second-order valence-corrected chi connectivity index (χ2v) is 5.15. The van der Waals surface area contributed by atoms with Gasteiger partial charge in [0.05, 0.1) is 5.57 Å². The number of aromatic nitrogens is 1. The highest BCUT2D eigenvalue weighted by atomic mass is 35.5. The highest BCUT2D eigenvalue weighted by molar-refractivity contribution is 6.31. The average molecular weight is 313 g/mol. The summed E-state index contributed by atoms with van der Waals surface area (Å²) in [5, 5.41) is 3.66. The number of nitrogens with one attached hydrogen (secondary N) is 1. The van der Waals surface area contributed by atoms with Crippen LogP contribution in [0.2, 0.25) is 5.02 Å². The summed E-state index contributed by atoms with van der Waals surface area (Å²) >= 11 is 5.91. The molecule has 0 amide bonds. The Balaban J connectivity index is 1.79. The number of halogens is 1. The third-order valence-corrected chi connectivity index (χ3v) is 3.37. The molecule has 1 aromatic heterocycles. The van der Waals surface area contributed by atoms with Gasteiger partial charge in [0.15, 0.2) is 11.9 Å². The molecule has 0 fully saturated rings. The van der Waals surface area contributed by atoms with Crippen molar-refractivity contribution in [3.05, 3.63) is 71.2 Å². The minimum absolute atomic E-state index is 0.271. The van der Waals surface area contributed by atoms with Gasteiger partial charge in [-0.2, -0.15) is 0 Å². The van der Waals surface area contributed by atoms with Gasteiger partial charge in [0.2, 0.25) is 5.89 Å². The largest absolute Gasteiger partial charge is 0.436 e. The molecule has 3 rings (SSSR count). The van der Waals surface area contributed by atoms with Crippen molar-refractivity contribution < 1.29 is 9.21 Å². The molecular formula is C17H13ClN2O2. The van der Waals surface area contributed by atoms with Crippen molar-refractivity contribution in [2.75, 3.05) is 0 Å². The van der Waals surface area contributed by atoms with Gasteiger partial charge >= 0.3 is 0 Å². The lowest BCUT2D eigenvalue weighted by molar-refractivity contribution is -0.103. The molecule has 0 bridgehead atoms. The molecular weight excluding hydrogens is 300 g/mol. The molecule has 0 atom stereocenters. The molecule has 0 saturated heterocycles. The van der Waals surface area contributed by atoms with E-state index in [0.29, 0.717) is 34.5 Å². The lowest BCUT2D eigenvalue weighted by Gasteiger charge is -2.01. The zero-order valence-corrected chi connectivity index (χ0v) is 12.4. The van der Waals surface area contributed by atoms with Gasteiger partial charge in [-0.15, -0.1) is 0 Å². The first kappa shape index (κ1) is 14.4. The van der Waals surface area contributed by atoms with Crippen molar-refractivity contribution in [1.82, 2.24) is 10.3 Å². The number of nitrogens with zero attached hydrogens (tertiary/aromatic N) is 1. The maximum atomic E-state index is 11.3. The average Bonchev–Trinajstić information content (AvgIpc) is 2.95. The van der Waals surface area contributed by atoms with Crippen molar-refractivity contribution >= 4 is 34.6 Å². The van der Waals surface area contributed by atoms with E-state index in [9.17, 15) is 4.79 Å². The Kier molecular flexibility index (Phi) is 4.21. The van der Waals surface area contributed by atoms with Gasteiger partial charge in [0.25, 0.3) is 0 Å². The summed E-state index contributed by atoms with van der Waals surface area (Å²) in [5.74, 6) is 0.271. The lowest BCUT2D eigenvalue weighted by atomic mass is 10.2. The monoisotopic (exact) mass is 312 g/mol. The van der Waals surface area contributed by atoms with Crippen LogP contribution in [0.25, 0.3) is 16.7 Å². The quantitative estimate of drug-likeness (QED) is 0.575. The molecule has 1 heterocycles. The lowest BCUT2D eigenvalue weighted by Crippen LogP contribution is -2.06. The van der Waals surface area contributed by atoms with Gasteiger partial charge in [-0.3, -0.25) is 4.79 Å². The fourth-order valence-corrected chi connectivity index (χ4v) is 2.21. The number of carbonyl (C=O) groups is 1. The van der Waals surface area contributed by atoms with E-state index >= 15 is 0 Å².